The fourth-order valence-corrected chi connectivity index (χ4v) is 4.49. The Balaban J connectivity index is 1.82. The zero-order valence-corrected chi connectivity index (χ0v) is 15.2. The first-order chi connectivity index (χ1) is 12.1. The van der Waals surface area contributed by atoms with E-state index >= 15 is 0 Å². The largest absolute Gasteiger partial charge is 0.497 e. The lowest BCUT2D eigenvalue weighted by Gasteiger charge is -2.22. The highest BCUT2D eigenvalue weighted by Crippen LogP contribution is 2.47. The smallest absolute Gasteiger partial charge is 0.243 e. The van der Waals surface area contributed by atoms with E-state index in [4.69, 9.17) is 20.8 Å². The number of carbonyl (C=O) groups excluding carboxylic acids is 1. The van der Waals surface area contributed by atoms with Gasteiger partial charge in [0, 0.05) is 23.1 Å². The van der Waals surface area contributed by atoms with Gasteiger partial charge in [0.25, 0.3) is 0 Å². The molecule has 0 radical (unpaired) electrons. The highest BCUT2D eigenvalue weighted by atomic mass is 35.5. The summed E-state index contributed by atoms with van der Waals surface area (Å²) in [6.45, 7) is 1.89. The van der Waals surface area contributed by atoms with Crippen LogP contribution in [0.3, 0.4) is 0 Å². The molecule has 128 valence electrons. The highest BCUT2D eigenvalue weighted by Gasteiger charge is 2.42. The van der Waals surface area contributed by atoms with Crippen molar-refractivity contribution in [1.82, 2.24) is 4.98 Å². The monoisotopic (exact) mass is 374 g/mol. The molecule has 0 aliphatic carbocycles. The number of nitrogens with zero attached hydrogens (tertiary/aromatic N) is 2. The van der Waals surface area contributed by atoms with Crippen LogP contribution in [0.15, 0.2) is 47.1 Å². The Morgan fingerprint density at radius 1 is 1.32 bits per heavy atom. The summed E-state index contributed by atoms with van der Waals surface area (Å²) in [7, 11) is 1.61. The number of methoxy groups -OCH3 is 1. The molecule has 0 N–H and O–H groups in total. The fraction of sp³-hybridized carbons (Fsp3) is 0.222. The molecule has 4 rings (SSSR count). The van der Waals surface area contributed by atoms with Gasteiger partial charge in [-0.15, -0.1) is 11.8 Å². The molecule has 0 saturated carbocycles. The number of hydrogen-bond donors (Lipinski definition) is 0. The second kappa shape index (κ2) is 6.28. The lowest BCUT2D eigenvalue weighted by molar-refractivity contribution is -0.117. The minimum absolute atomic E-state index is 0.00385. The molecule has 2 atom stereocenters. The minimum Gasteiger partial charge on any atom is -0.497 e. The number of fused-ring (bicyclic) bond motifs is 1. The third kappa shape index (κ3) is 2.75. The highest BCUT2D eigenvalue weighted by molar-refractivity contribution is 8.01. The van der Waals surface area contributed by atoms with Crippen LogP contribution in [0.2, 0.25) is 5.15 Å². The molecule has 0 unspecified atom stereocenters. The summed E-state index contributed by atoms with van der Waals surface area (Å²) in [6.07, 6.45) is 1.56. The van der Waals surface area contributed by atoms with Crippen LogP contribution in [0.4, 0.5) is 5.88 Å². The molecule has 5 nitrogen and oxygen atoms in total. The van der Waals surface area contributed by atoms with Crippen molar-refractivity contribution >= 4 is 46.1 Å². The van der Waals surface area contributed by atoms with Crippen LogP contribution in [-0.4, -0.2) is 23.3 Å². The Kier molecular flexibility index (Phi) is 4.09. The molecule has 1 saturated heterocycles. The molecular formula is C18H15ClN2O3S. The van der Waals surface area contributed by atoms with Gasteiger partial charge in [0.05, 0.1) is 24.1 Å². The number of furan rings is 1. The van der Waals surface area contributed by atoms with E-state index in [0.717, 1.165) is 22.2 Å². The third-order valence-corrected chi connectivity index (χ3v) is 5.80. The Hall–Kier alpha value is -2.18. The number of amides is 1. The van der Waals surface area contributed by atoms with Crippen LogP contribution in [0, 0.1) is 0 Å². The maximum absolute atomic E-state index is 12.6. The number of aromatic nitrogens is 1. The quantitative estimate of drug-likeness (QED) is 0.624. The van der Waals surface area contributed by atoms with Crippen molar-refractivity contribution in [1.29, 1.82) is 0 Å². The number of halogens is 1. The summed E-state index contributed by atoms with van der Waals surface area (Å²) < 4.78 is 10.7. The molecule has 1 aliphatic heterocycles. The molecule has 3 heterocycles. The van der Waals surface area contributed by atoms with Gasteiger partial charge in [0.1, 0.15) is 16.3 Å². The van der Waals surface area contributed by atoms with Crippen molar-refractivity contribution in [3.8, 4) is 5.75 Å². The SMILES string of the molecule is COc1ccc2cc([C@H]3S[C@H](C)C(=O)N3c3ccco3)c(Cl)nc2c1. The van der Waals surface area contributed by atoms with E-state index in [2.05, 4.69) is 4.98 Å². The number of carbonyl (C=O) groups is 1. The van der Waals surface area contributed by atoms with Crippen molar-refractivity contribution in [3.63, 3.8) is 0 Å². The minimum atomic E-state index is -0.278. The fourth-order valence-electron chi connectivity index (χ4n) is 2.91. The van der Waals surface area contributed by atoms with E-state index in [1.165, 1.54) is 11.8 Å². The van der Waals surface area contributed by atoms with Crippen molar-refractivity contribution in [2.75, 3.05) is 12.0 Å². The Bertz CT molecular complexity index is 945. The summed E-state index contributed by atoms with van der Waals surface area (Å²) in [5.41, 5.74) is 1.54. The Labute approximate surface area is 153 Å². The average molecular weight is 375 g/mol. The van der Waals surface area contributed by atoms with Crippen LogP contribution in [0.5, 0.6) is 5.75 Å². The Morgan fingerprint density at radius 2 is 2.16 bits per heavy atom. The maximum atomic E-state index is 12.6. The van der Waals surface area contributed by atoms with Crippen LogP contribution < -0.4 is 9.64 Å². The summed E-state index contributed by atoms with van der Waals surface area (Å²) in [6, 6.07) is 11.2. The molecule has 0 spiro atoms. The molecule has 1 fully saturated rings. The standard InChI is InChI=1S/C18H15ClN2O3S/c1-10-17(22)21(15-4-3-7-24-15)18(25-10)13-8-11-5-6-12(23-2)9-14(11)20-16(13)19/h3-10,18H,1-2H3/t10-,18-/m1/s1. The molecule has 25 heavy (non-hydrogen) atoms. The number of benzene rings is 1. The van der Waals surface area contributed by atoms with Crippen molar-refractivity contribution in [2.24, 2.45) is 0 Å². The molecular weight excluding hydrogens is 360 g/mol. The Morgan fingerprint density at radius 3 is 2.88 bits per heavy atom. The van der Waals surface area contributed by atoms with Gasteiger partial charge in [-0.2, -0.15) is 0 Å². The van der Waals surface area contributed by atoms with Gasteiger partial charge in [0.2, 0.25) is 11.8 Å². The molecule has 1 aliphatic rings. The van der Waals surface area contributed by atoms with Gasteiger partial charge in [-0.05, 0) is 31.2 Å². The number of pyridine rings is 1. The first kappa shape index (κ1) is 16.3. The van der Waals surface area contributed by atoms with Crippen LogP contribution in [-0.2, 0) is 4.79 Å². The average Bonchev–Trinajstić information content (AvgIpc) is 3.22. The maximum Gasteiger partial charge on any atom is 0.243 e. The van der Waals surface area contributed by atoms with Crippen molar-refractivity contribution < 1.29 is 13.9 Å². The van der Waals surface area contributed by atoms with E-state index in [0.29, 0.717) is 11.0 Å². The van der Waals surface area contributed by atoms with E-state index in [1.54, 1.807) is 30.4 Å². The van der Waals surface area contributed by atoms with E-state index in [1.807, 2.05) is 31.2 Å². The summed E-state index contributed by atoms with van der Waals surface area (Å²) in [5.74, 6) is 1.23. The predicted molar refractivity (Wildman–Crippen MR) is 99.3 cm³/mol. The van der Waals surface area contributed by atoms with Gasteiger partial charge < -0.3 is 9.15 Å². The molecule has 1 amide bonds. The van der Waals surface area contributed by atoms with Gasteiger partial charge in [-0.1, -0.05) is 11.6 Å². The molecule has 7 heteroatoms. The van der Waals surface area contributed by atoms with Crippen LogP contribution in [0.1, 0.15) is 17.9 Å². The van der Waals surface area contributed by atoms with Crippen molar-refractivity contribution in [2.45, 2.75) is 17.5 Å². The topological polar surface area (TPSA) is 55.6 Å². The van der Waals surface area contributed by atoms with Gasteiger partial charge in [-0.25, -0.2) is 4.98 Å². The molecule has 2 aromatic heterocycles. The predicted octanol–water partition coefficient (Wildman–Crippen LogP) is 4.66. The van der Waals surface area contributed by atoms with Gasteiger partial charge in [0.15, 0.2) is 0 Å². The zero-order valence-electron chi connectivity index (χ0n) is 13.6. The van der Waals surface area contributed by atoms with E-state index < -0.39 is 0 Å². The number of thioether (sulfide) groups is 1. The van der Waals surface area contributed by atoms with Crippen molar-refractivity contribution in [3.05, 3.63) is 53.4 Å². The lowest BCUT2D eigenvalue weighted by atomic mass is 10.1. The zero-order chi connectivity index (χ0) is 17.6. The second-order valence-corrected chi connectivity index (χ2v) is 7.50. The third-order valence-electron chi connectivity index (χ3n) is 4.17. The summed E-state index contributed by atoms with van der Waals surface area (Å²) in [4.78, 5) is 18.8. The molecule has 0 bridgehead atoms. The van der Waals surface area contributed by atoms with Crippen LogP contribution in [0.25, 0.3) is 10.9 Å². The van der Waals surface area contributed by atoms with Crippen LogP contribution >= 0.6 is 23.4 Å². The first-order valence-electron chi connectivity index (χ1n) is 7.74. The number of anilines is 1. The number of hydrogen-bond acceptors (Lipinski definition) is 5. The van der Waals surface area contributed by atoms with Gasteiger partial charge in [-0.3, -0.25) is 9.69 Å². The lowest BCUT2D eigenvalue weighted by Crippen LogP contribution is -2.29. The molecule has 3 aromatic rings. The van der Waals surface area contributed by atoms with E-state index in [9.17, 15) is 4.79 Å². The second-order valence-electron chi connectivity index (χ2n) is 5.72. The van der Waals surface area contributed by atoms with E-state index in [-0.39, 0.29) is 16.5 Å². The molecule has 1 aromatic carbocycles. The first-order valence-corrected chi connectivity index (χ1v) is 9.07. The summed E-state index contributed by atoms with van der Waals surface area (Å²) in [5, 5.41) is 0.849. The number of rotatable bonds is 3. The summed E-state index contributed by atoms with van der Waals surface area (Å²) >= 11 is 8.00. The normalized spacial score (nSPS) is 20.4. The number of ether oxygens (including phenoxy) is 1. The van der Waals surface area contributed by atoms with Gasteiger partial charge >= 0.3 is 0 Å².